The van der Waals surface area contributed by atoms with E-state index in [4.69, 9.17) is 4.74 Å². The number of fused-ring (bicyclic) bond motifs is 1. The minimum atomic E-state index is -0.804. The van der Waals surface area contributed by atoms with E-state index in [2.05, 4.69) is 0 Å². The second-order valence-corrected chi connectivity index (χ2v) is 4.47. The van der Waals surface area contributed by atoms with Crippen molar-refractivity contribution in [3.63, 3.8) is 0 Å². The largest absolute Gasteiger partial charge is 0.488 e. The summed E-state index contributed by atoms with van der Waals surface area (Å²) in [5.74, 6) is 0.360. The summed E-state index contributed by atoms with van der Waals surface area (Å²) in [6.07, 6.45) is 0.848. The Morgan fingerprint density at radius 3 is 2.63 bits per heavy atom. The van der Waals surface area contributed by atoms with E-state index >= 15 is 0 Å². The van der Waals surface area contributed by atoms with Crippen LogP contribution >= 0.6 is 0 Å². The molecule has 1 unspecified atom stereocenters. The number of ether oxygens (including phenoxy) is 1. The van der Waals surface area contributed by atoms with Crippen molar-refractivity contribution in [2.24, 2.45) is 0 Å². The lowest BCUT2D eigenvalue weighted by atomic mass is 10.0. The highest BCUT2D eigenvalue weighted by atomic mass is 19.1. The molecule has 0 saturated heterocycles. The first-order valence-corrected chi connectivity index (χ1v) is 6.10. The average molecular weight is 256 g/mol. The Morgan fingerprint density at radius 1 is 1.11 bits per heavy atom. The van der Waals surface area contributed by atoms with E-state index in [-0.39, 0.29) is 5.82 Å². The Kier molecular flexibility index (Phi) is 3.05. The summed E-state index contributed by atoms with van der Waals surface area (Å²) in [4.78, 5) is 0. The van der Waals surface area contributed by atoms with Crippen molar-refractivity contribution in [2.45, 2.75) is 12.7 Å². The SMILES string of the molecule is OC(/C=C1/OCc2ccccc21)c1ccc(F)cc1. The molecule has 1 N–H and O–H groups in total. The molecular formula is C16H13FO2. The third-order valence-electron chi connectivity index (χ3n) is 3.19. The Balaban J connectivity index is 1.89. The van der Waals surface area contributed by atoms with E-state index in [0.29, 0.717) is 17.9 Å². The van der Waals surface area contributed by atoms with Gasteiger partial charge in [0.2, 0.25) is 0 Å². The van der Waals surface area contributed by atoms with Gasteiger partial charge < -0.3 is 9.84 Å². The van der Waals surface area contributed by atoms with Gasteiger partial charge in [0.05, 0.1) is 0 Å². The molecule has 1 aliphatic rings. The first kappa shape index (κ1) is 11.9. The Morgan fingerprint density at radius 2 is 1.84 bits per heavy atom. The number of hydrogen-bond donors (Lipinski definition) is 1. The van der Waals surface area contributed by atoms with Gasteiger partial charge in [-0.25, -0.2) is 4.39 Å². The van der Waals surface area contributed by atoms with Gasteiger partial charge in [-0.1, -0.05) is 36.4 Å². The molecule has 3 rings (SSSR count). The maximum atomic E-state index is 12.8. The number of hydrogen-bond acceptors (Lipinski definition) is 2. The third kappa shape index (κ3) is 2.37. The van der Waals surface area contributed by atoms with Crippen LogP contribution in [0.1, 0.15) is 22.8 Å². The van der Waals surface area contributed by atoms with Crippen molar-refractivity contribution in [1.82, 2.24) is 0 Å². The van der Waals surface area contributed by atoms with Crippen LogP contribution in [0, 0.1) is 5.82 Å². The van der Waals surface area contributed by atoms with Gasteiger partial charge >= 0.3 is 0 Å². The molecule has 0 aromatic heterocycles. The van der Waals surface area contributed by atoms with Crippen molar-refractivity contribution in [2.75, 3.05) is 0 Å². The molecule has 0 radical (unpaired) electrons. The summed E-state index contributed by atoms with van der Waals surface area (Å²) in [5, 5.41) is 10.1. The summed E-state index contributed by atoms with van der Waals surface area (Å²) in [6, 6.07) is 13.7. The Labute approximate surface area is 110 Å². The summed E-state index contributed by atoms with van der Waals surface area (Å²) in [6.45, 7) is 0.526. The maximum absolute atomic E-state index is 12.8. The Hall–Kier alpha value is -2.13. The van der Waals surface area contributed by atoms with Crippen LogP contribution < -0.4 is 0 Å². The topological polar surface area (TPSA) is 29.5 Å². The molecular weight excluding hydrogens is 243 g/mol. The van der Waals surface area contributed by atoms with Crippen LogP contribution in [0.25, 0.3) is 5.76 Å². The quantitative estimate of drug-likeness (QED) is 0.892. The van der Waals surface area contributed by atoms with Crippen molar-refractivity contribution in [3.05, 3.63) is 77.1 Å². The van der Waals surface area contributed by atoms with Crippen LogP contribution in [0.3, 0.4) is 0 Å². The van der Waals surface area contributed by atoms with Crippen LogP contribution in [0.2, 0.25) is 0 Å². The molecule has 2 aromatic carbocycles. The molecule has 2 nitrogen and oxygen atoms in total. The van der Waals surface area contributed by atoms with Crippen LogP contribution in [0.4, 0.5) is 4.39 Å². The summed E-state index contributed by atoms with van der Waals surface area (Å²) < 4.78 is 18.4. The lowest BCUT2D eigenvalue weighted by Crippen LogP contribution is -1.95. The molecule has 2 aromatic rings. The van der Waals surface area contributed by atoms with E-state index in [9.17, 15) is 9.50 Å². The van der Waals surface area contributed by atoms with Crippen LogP contribution in [-0.4, -0.2) is 5.11 Å². The van der Waals surface area contributed by atoms with Crippen LogP contribution in [-0.2, 0) is 11.3 Å². The molecule has 0 bridgehead atoms. The van der Waals surface area contributed by atoms with E-state index in [1.54, 1.807) is 18.2 Å². The van der Waals surface area contributed by atoms with E-state index < -0.39 is 6.10 Å². The highest BCUT2D eigenvalue weighted by molar-refractivity contribution is 5.66. The fourth-order valence-corrected chi connectivity index (χ4v) is 2.16. The fourth-order valence-electron chi connectivity index (χ4n) is 2.16. The number of aliphatic hydroxyl groups excluding tert-OH is 1. The van der Waals surface area contributed by atoms with Gasteiger partial charge in [0.1, 0.15) is 24.3 Å². The number of halogens is 1. The van der Waals surface area contributed by atoms with Gasteiger partial charge in [-0.05, 0) is 23.8 Å². The molecule has 1 heterocycles. The molecule has 1 aliphatic heterocycles. The van der Waals surface area contributed by atoms with Gasteiger partial charge in [-0.3, -0.25) is 0 Å². The number of benzene rings is 2. The standard InChI is InChI=1S/C16H13FO2/c17-13-7-5-11(6-8-13)15(18)9-16-14-4-2-1-3-12(14)10-19-16/h1-9,15,18H,10H2/b16-9+. The zero-order chi connectivity index (χ0) is 13.2. The average Bonchev–Trinajstić information content (AvgIpc) is 2.83. The molecule has 0 fully saturated rings. The minimum Gasteiger partial charge on any atom is -0.488 e. The van der Waals surface area contributed by atoms with E-state index in [1.165, 1.54) is 12.1 Å². The van der Waals surface area contributed by atoms with Gasteiger partial charge in [-0.2, -0.15) is 0 Å². The molecule has 0 amide bonds. The molecule has 0 aliphatic carbocycles. The van der Waals surface area contributed by atoms with Crippen molar-refractivity contribution in [1.29, 1.82) is 0 Å². The molecule has 3 heteroatoms. The zero-order valence-corrected chi connectivity index (χ0v) is 10.2. The first-order valence-electron chi connectivity index (χ1n) is 6.10. The minimum absolute atomic E-state index is 0.314. The monoisotopic (exact) mass is 256 g/mol. The molecule has 19 heavy (non-hydrogen) atoms. The molecule has 96 valence electrons. The second kappa shape index (κ2) is 4.86. The van der Waals surface area contributed by atoms with Crippen LogP contribution in [0.15, 0.2) is 54.6 Å². The second-order valence-electron chi connectivity index (χ2n) is 4.47. The normalized spacial score (nSPS) is 17.1. The van der Waals surface area contributed by atoms with Crippen LogP contribution in [0.5, 0.6) is 0 Å². The highest BCUT2D eigenvalue weighted by Crippen LogP contribution is 2.31. The molecule has 0 saturated carbocycles. The number of aliphatic hydroxyl groups is 1. The smallest absolute Gasteiger partial charge is 0.126 e. The number of rotatable bonds is 2. The lowest BCUT2D eigenvalue weighted by molar-refractivity contribution is 0.220. The van der Waals surface area contributed by atoms with Crippen molar-refractivity contribution in [3.8, 4) is 0 Å². The maximum Gasteiger partial charge on any atom is 0.126 e. The summed E-state index contributed by atoms with van der Waals surface area (Å²) >= 11 is 0. The lowest BCUT2D eigenvalue weighted by Gasteiger charge is -2.08. The predicted octanol–water partition coefficient (Wildman–Crippen LogP) is 3.43. The highest BCUT2D eigenvalue weighted by Gasteiger charge is 2.18. The van der Waals surface area contributed by atoms with Crippen molar-refractivity contribution < 1.29 is 14.2 Å². The van der Waals surface area contributed by atoms with Gasteiger partial charge in [-0.15, -0.1) is 0 Å². The first-order chi connectivity index (χ1) is 9.24. The van der Waals surface area contributed by atoms with E-state index in [0.717, 1.165) is 11.1 Å². The zero-order valence-electron chi connectivity index (χ0n) is 10.2. The third-order valence-corrected chi connectivity index (χ3v) is 3.19. The summed E-state index contributed by atoms with van der Waals surface area (Å²) in [7, 11) is 0. The Bertz CT molecular complexity index is 617. The predicted molar refractivity (Wildman–Crippen MR) is 70.6 cm³/mol. The summed E-state index contributed by atoms with van der Waals surface area (Å²) in [5.41, 5.74) is 2.76. The van der Waals surface area contributed by atoms with Gasteiger partial charge in [0.25, 0.3) is 0 Å². The van der Waals surface area contributed by atoms with Crippen molar-refractivity contribution >= 4 is 5.76 Å². The van der Waals surface area contributed by atoms with Gasteiger partial charge in [0.15, 0.2) is 0 Å². The van der Waals surface area contributed by atoms with E-state index in [1.807, 2.05) is 24.3 Å². The fraction of sp³-hybridized carbons (Fsp3) is 0.125. The molecule has 1 atom stereocenters. The van der Waals surface area contributed by atoms with Gasteiger partial charge in [0, 0.05) is 11.1 Å². The molecule has 0 spiro atoms.